The smallest absolute Gasteiger partial charge is 0.295 e. The highest BCUT2D eigenvalue weighted by atomic mass is 16.1. The van der Waals surface area contributed by atoms with E-state index in [0.717, 1.165) is 11.1 Å². The fourth-order valence-electron chi connectivity index (χ4n) is 1.10. The maximum Gasteiger partial charge on any atom is 0.295 e. The molecule has 1 rings (SSSR count). The molecule has 3 nitrogen and oxygen atoms in total. The van der Waals surface area contributed by atoms with Gasteiger partial charge in [-0.25, -0.2) is 0 Å². The number of nitrogens with two attached hydrogens (primary N) is 1. The van der Waals surface area contributed by atoms with Gasteiger partial charge in [0.1, 0.15) is 0 Å². The van der Waals surface area contributed by atoms with Crippen molar-refractivity contribution in [2.24, 2.45) is 5.73 Å². The minimum absolute atomic E-state index is 0.400. The second-order valence-electron chi connectivity index (χ2n) is 2.85. The Labute approximate surface area is 83.3 Å². The molecule has 3 N–H and O–H groups in total. The summed E-state index contributed by atoms with van der Waals surface area (Å²) in [7, 11) is 0. The van der Waals surface area contributed by atoms with Crippen molar-refractivity contribution in [3.63, 3.8) is 0 Å². The maximum atomic E-state index is 10.8. The van der Waals surface area contributed by atoms with Crippen LogP contribution in [0.25, 0.3) is 0 Å². The molecule has 0 heterocycles. The van der Waals surface area contributed by atoms with Crippen molar-refractivity contribution in [2.45, 2.75) is 13.1 Å². The lowest BCUT2D eigenvalue weighted by Gasteiger charge is -2.03. The van der Waals surface area contributed by atoms with Crippen LogP contribution in [0, 0.1) is 12.3 Å². The molecule has 0 radical (unpaired) electrons. The van der Waals surface area contributed by atoms with Crippen LogP contribution in [0.15, 0.2) is 24.3 Å². The summed E-state index contributed by atoms with van der Waals surface area (Å²) in [5.74, 6) is 1.59. The molecule has 0 aliphatic heterocycles. The van der Waals surface area contributed by atoms with Gasteiger partial charge in [-0.05, 0) is 17.0 Å². The first-order chi connectivity index (χ1) is 6.76. The normalized spacial score (nSPS) is 9.14. The molecule has 0 spiro atoms. The third kappa shape index (κ3) is 2.92. The van der Waals surface area contributed by atoms with Crippen molar-refractivity contribution in [3.8, 4) is 12.3 Å². The van der Waals surface area contributed by atoms with E-state index in [-0.39, 0.29) is 0 Å². The maximum absolute atomic E-state index is 10.8. The number of amides is 1. The van der Waals surface area contributed by atoms with E-state index in [2.05, 4.69) is 5.32 Å². The van der Waals surface area contributed by atoms with Gasteiger partial charge in [-0.1, -0.05) is 24.3 Å². The van der Waals surface area contributed by atoms with Crippen LogP contribution in [0.1, 0.15) is 11.1 Å². The molecule has 72 valence electrons. The van der Waals surface area contributed by atoms with E-state index in [1.807, 2.05) is 30.2 Å². The van der Waals surface area contributed by atoms with E-state index in [4.69, 9.17) is 12.2 Å². The Bertz CT molecular complexity index is 366. The molecule has 1 aromatic rings. The van der Waals surface area contributed by atoms with E-state index >= 15 is 0 Å². The van der Waals surface area contributed by atoms with Crippen molar-refractivity contribution < 1.29 is 4.79 Å². The molecule has 0 unspecified atom stereocenters. The Morgan fingerprint density at radius 2 is 2.21 bits per heavy atom. The molecule has 0 saturated carbocycles. The number of carbonyl (C=O) groups is 1. The van der Waals surface area contributed by atoms with Crippen molar-refractivity contribution in [3.05, 3.63) is 35.4 Å². The topological polar surface area (TPSA) is 55.1 Å². The van der Waals surface area contributed by atoms with Crippen LogP contribution < -0.4 is 11.1 Å². The molecular weight excluding hydrogens is 176 g/mol. The van der Waals surface area contributed by atoms with E-state index in [1.54, 1.807) is 0 Å². The number of terminal acetylenes is 1. The zero-order valence-corrected chi connectivity index (χ0v) is 7.79. The summed E-state index contributed by atoms with van der Waals surface area (Å²) in [6.07, 6.45) is 4.91. The van der Waals surface area contributed by atoms with Crippen LogP contribution in [0.3, 0.4) is 0 Å². The molecule has 0 fully saturated rings. The molecular formula is C11H12N2O. The van der Waals surface area contributed by atoms with E-state index in [0.29, 0.717) is 13.1 Å². The molecule has 0 bridgehead atoms. The quantitative estimate of drug-likeness (QED) is 0.674. The molecule has 0 atom stereocenters. The van der Waals surface area contributed by atoms with Crippen LogP contribution in [0.4, 0.5) is 0 Å². The first-order valence-corrected chi connectivity index (χ1v) is 4.28. The minimum atomic E-state index is -0.400. The molecule has 3 heteroatoms. The Balaban J connectivity index is 2.59. The molecule has 0 saturated heterocycles. The van der Waals surface area contributed by atoms with E-state index in [9.17, 15) is 4.79 Å². The fraction of sp³-hybridized carbons (Fsp3) is 0.182. The third-order valence-corrected chi connectivity index (χ3v) is 1.81. The zero-order chi connectivity index (χ0) is 10.4. The summed E-state index contributed by atoms with van der Waals surface area (Å²) in [6.45, 7) is 0.938. The molecule has 1 aromatic carbocycles. The van der Waals surface area contributed by atoms with Crippen molar-refractivity contribution in [1.82, 2.24) is 5.32 Å². The molecule has 0 aliphatic carbocycles. The van der Waals surface area contributed by atoms with Gasteiger partial charge in [-0.3, -0.25) is 4.79 Å². The predicted octanol–water partition coefficient (Wildman–Crippen LogP) is 0.395. The first kappa shape index (κ1) is 10.3. The van der Waals surface area contributed by atoms with Gasteiger partial charge < -0.3 is 11.1 Å². The van der Waals surface area contributed by atoms with Crippen LogP contribution in [-0.2, 0) is 17.9 Å². The monoisotopic (exact) mass is 188 g/mol. The highest BCUT2D eigenvalue weighted by Crippen LogP contribution is 2.03. The largest absolute Gasteiger partial charge is 0.341 e. The number of carbonyl (C=O) groups excluding carboxylic acids is 1. The van der Waals surface area contributed by atoms with E-state index < -0.39 is 5.91 Å². The highest BCUT2D eigenvalue weighted by Gasteiger charge is 1.97. The van der Waals surface area contributed by atoms with Gasteiger partial charge in [0.25, 0.3) is 5.91 Å². The SMILES string of the molecule is C#CC(=O)NCc1cccc(CN)c1. The number of nitrogens with one attached hydrogen (secondary N) is 1. The van der Waals surface area contributed by atoms with Gasteiger partial charge in [0.2, 0.25) is 0 Å². The second kappa shape index (κ2) is 5.05. The average molecular weight is 188 g/mol. The number of benzene rings is 1. The standard InChI is InChI=1S/C11H12N2O/c1-2-11(14)13-8-10-5-3-4-9(6-10)7-12/h1,3-6H,7-8,12H2,(H,13,14). The Hall–Kier alpha value is -1.79. The first-order valence-electron chi connectivity index (χ1n) is 4.28. The van der Waals surface area contributed by atoms with Gasteiger partial charge in [0, 0.05) is 13.1 Å². The van der Waals surface area contributed by atoms with Gasteiger partial charge in [0.15, 0.2) is 0 Å². The second-order valence-corrected chi connectivity index (χ2v) is 2.85. The third-order valence-electron chi connectivity index (χ3n) is 1.81. The van der Waals surface area contributed by atoms with Gasteiger partial charge >= 0.3 is 0 Å². The van der Waals surface area contributed by atoms with Crippen LogP contribution in [0.2, 0.25) is 0 Å². The molecule has 0 aliphatic rings. The summed E-state index contributed by atoms with van der Waals surface area (Å²) in [5.41, 5.74) is 7.52. The summed E-state index contributed by atoms with van der Waals surface area (Å²) in [4.78, 5) is 10.8. The van der Waals surface area contributed by atoms with Crippen LogP contribution in [-0.4, -0.2) is 5.91 Å². The summed E-state index contributed by atoms with van der Waals surface area (Å²) < 4.78 is 0. The lowest BCUT2D eigenvalue weighted by atomic mass is 10.1. The summed E-state index contributed by atoms with van der Waals surface area (Å²) in [5, 5.41) is 2.58. The molecule has 0 aromatic heterocycles. The molecule has 1 amide bonds. The number of hydrogen-bond acceptors (Lipinski definition) is 2. The Kier molecular flexibility index (Phi) is 3.71. The van der Waals surface area contributed by atoms with Crippen LogP contribution in [0.5, 0.6) is 0 Å². The highest BCUT2D eigenvalue weighted by molar-refractivity contribution is 5.92. The number of rotatable bonds is 3. The van der Waals surface area contributed by atoms with E-state index in [1.165, 1.54) is 0 Å². The average Bonchev–Trinajstić information content (AvgIpc) is 2.26. The van der Waals surface area contributed by atoms with Gasteiger partial charge in [-0.15, -0.1) is 6.42 Å². The summed E-state index contributed by atoms with van der Waals surface area (Å²) in [6, 6.07) is 7.69. The Morgan fingerprint density at radius 1 is 1.50 bits per heavy atom. The fourth-order valence-corrected chi connectivity index (χ4v) is 1.10. The van der Waals surface area contributed by atoms with Crippen molar-refractivity contribution in [1.29, 1.82) is 0 Å². The lowest BCUT2D eigenvalue weighted by Crippen LogP contribution is -2.20. The number of hydrogen-bond donors (Lipinski definition) is 2. The predicted molar refractivity (Wildman–Crippen MR) is 55.0 cm³/mol. The van der Waals surface area contributed by atoms with Crippen molar-refractivity contribution >= 4 is 5.91 Å². The minimum Gasteiger partial charge on any atom is -0.341 e. The summed E-state index contributed by atoms with van der Waals surface area (Å²) >= 11 is 0. The molecule has 14 heavy (non-hydrogen) atoms. The van der Waals surface area contributed by atoms with Gasteiger partial charge in [0.05, 0.1) is 0 Å². The van der Waals surface area contributed by atoms with Crippen LogP contribution >= 0.6 is 0 Å². The Morgan fingerprint density at radius 3 is 2.86 bits per heavy atom. The zero-order valence-electron chi connectivity index (χ0n) is 7.79. The lowest BCUT2D eigenvalue weighted by molar-refractivity contribution is -0.115. The van der Waals surface area contributed by atoms with Crippen molar-refractivity contribution in [2.75, 3.05) is 0 Å². The van der Waals surface area contributed by atoms with Gasteiger partial charge in [-0.2, -0.15) is 0 Å².